The Hall–Kier alpha value is -0.698. The molecule has 0 atom stereocenters. The van der Waals surface area contributed by atoms with Crippen molar-refractivity contribution >= 4 is 20.8 Å². The number of nitrogens with zero attached hydrogens (tertiary/aromatic N) is 3. The van der Waals surface area contributed by atoms with Gasteiger partial charge in [-0.2, -0.15) is 15.0 Å². The van der Waals surface area contributed by atoms with Gasteiger partial charge in [-0.05, 0) is 33.7 Å². The van der Waals surface area contributed by atoms with Crippen LogP contribution in [0.15, 0.2) is 6.20 Å². The maximum Gasteiger partial charge on any atom is 0.518 e. The lowest BCUT2D eigenvalue weighted by Crippen LogP contribution is -2.41. The van der Waals surface area contributed by atoms with Crippen molar-refractivity contribution in [1.29, 1.82) is 0 Å². The molecule has 1 aromatic heterocycles. The van der Waals surface area contributed by atoms with Gasteiger partial charge >= 0.3 is 7.12 Å². The van der Waals surface area contributed by atoms with E-state index in [9.17, 15) is 0 Å². The van der Waals surface area contributed by atoms with Crippen molar-refractivity contribution in [3.8, 4) is 0 Å². The van der Waals surface area contributed by atoms with E-state index in [-0.39, 0.29) is 11.2 Å². The molecule has 0 bridgehead atoms. The first-order valence-corrected chi connectivity index (χ1v) is 11.5. The molecular weight excluding hydrogens is 297 g/mol. The summed E-state index contributed by atoms with van der Waals surface area (Å²) in [6, 6.07) is 1.14. The molecular formula is C14H28BN3O3Si. The monoisotopic (exact) mass is 325 g/mol. The van der Waals surface area contributed by atoms with Crippen molar-refractivity contribution in [2.45, 2.75) is 71.3 Å². The van der Waals surface area contributed by atoms with Crippen molar-refractivity contribution in [3.63, 3.8) is 0 Å². The Balaban J connectivity index is 1.87. The van der Waals surface area contributed by atoms with E-state index in [0.717, 1.165) is 12.7 Å². The molecule has 0 unspecified atom stereocenters. The minimum Gasteiger partial charge on any atom is -0.398 e. The third kappa shape index (κ3) is 4.19. The quantitative estimate of drug-likeness (QED) is 0.590. The number of ether oxygens (including phenoxy) is 1. The Morgan fingerprint density at radius 2 is 1.77 bits per heavy atom. The third-order valence-corrected chi connectivity index (χ3v) is 5.96. The van der Waals surface area contributed by atoms with Gasteiger partial charge in [0.1, 0.15) is 5.59 Å². The van der Waals surface area contributed by atoms with Crippen molar-refractivity contribution in [1.82, 2.24) is 15.0 Å². The average molecular weight is 325 g/mol. The Morgan fingerprint density at radius 3 is 2.32 bits per heavy atom. The fourth-order valence-electron chi connectivity index (χ4n) is 1.97. The SMILES string of the molecule is CC1(C)OB(c2cnn(COCC[Si](C)(C)C)n2)OC1(C)C. The van der Waals surface area contributed by atoms with Crippen molar-refractivity contribution in [2.75, 3.05) is 6.61 Å². The first-order valence-electron chi connectivity index (χ1n) is 7.84. The highest BCUT2D eigenvalue weighted by molar-refractivity contribution is 6.76. The van der Waals surface area contributed by atoms with E-state index in [1.54, 1.807) is 11.0 Å². The van der Waals surface area contributed by atoms with Crippen LogP contribution in [-0.2, 0) is 20.8 Å². The van der Waals surface area contributed by atoms with Crippen LogP contribution in [0, 0.1) is 0 Å². The molecule has 1 aliphatic rings. The zero-order chi connectivity index (χ0) is 16.6. The van der Waals surface area contributed by atoms with Crippen LogP contribution in [0.5, 0.6) is 0 Å². The summed E-state index contributed by atoms with van der Waals surface area (Å²) >= 11 is 0. The standard InChI is InChI=1S/C14H28BN3O3Si/c1-13(2)14(3,4)21-15(20-13)12-10-16-18(17-12)11-19-8-9-22(5,6)7/h10H,8-9,11H2,1-7H3. The highest BCUT2D eigenvalue weighted by Crippen LogP contribution is 2.36. The summed E-state index contributed by atoms with van der Waals surface area (Å²) in [5, 5.41) is 8.62. The van der Waals surface area contributed by atoms with E-state index >= 15 is 0 Å². The molecule has 0 aliphatic carbocycles. The van der Waals surface area contributed by atoms with Crippen LogP contribution in [-0.4, -0.2) is 48.0 Å². The molecule has 124 valence electrons. The maximum absolute atomic E-state index is 5.96. The smallest absolute Gasteiger partial charge is 0.398 e. The molecule has 1 saturated heterocycles. The van der Waals surface area contributed by atoms with Crippen molar-refractivity contribution < 1.29 is 14.0 Å². The first-order chi connectivity index (χ1) is 10.0. The van der Waals surface area contributed by atoms with Crippen LogP contribution in [0.3, 0.4) is 0 Å². The second kappa shape index (κ2) is 6.07. The second-order valence-electron chi connectivity index (χ2n) is 8.08. The van der Waals surface area contributed by atoms with Gasteiger partial charge in [-0.3, -0.25) is 0 Å². The van der Waals surface area contributed by atoms with Gasteiger partial charge in [-0.25, -0.2) is 0 Å². The molecule has 1 fully saturated rings. The normalized spacial score (nSPS) is 20.6. The molecule has 0 spiro atoms. The minimum atomic E-state index is -1.06. The van der Waals surface area contributed by atoms with Crippen molar-refractivity contribution in [2.24, 2.45) is 0 Å². The second-order valence-corrected chi connectivity index (χ2v) is 13.7. The van der Waals surface area contributed by atoms with Crippen LogP contribution in [0.4, 0.5) is 0 Å². The zero-order valence-electron chi connectivity index (χ0n) is 14.8. The van der Waals surface area contributed by atoms with Gasteiger partial charge in [0.25, 0.3) is 0 Å². The molecule has 1 aliphatic heterocycles. The summed E-state index contributed by atoms with van der Waals surface area (Å²) in [5.74, 6) is 0. The van der Waals surface area contributed by atoms with E-state index in [1.165, 1.54) is 0 Å². The lowest BCUT2D eigenvalue weighted by Gasteiger charge is -2.32. The maximum atomic E-state index is 5.96. The predicted molar refractivity (Wildman–Crippen MR) is 89.8 cm³/mol. The topological polar surface area (TPSA) is 58.4 Å². The Bertz CT molecular complexity index is 498. The van der Waals surface area contributed by atoms with Crippen LogP contribution in [0.25, 0.3) is 0 Å². The molecule has 0 N–H and O–H groups in total. The molecule has 22 heavy (non-hydrogen) atoms. The van der Waals surface area contributed by atoms with E-state index in [1.807, 2.05) is 27.7 Å². The summed E-state index contributed by atoms with van der Waals surface area (Å²) in [7, 11) is -1.53. The van der Waals surface area contributed by atoms with Gasteiger partial charge in [-0.15, -0.1) is 0 Å². The van der Waals surface area contributed by atoms with Gasteiger partial charge in [0.05, 0.1) is 17.4 Å². The van der Waals surface area contributed by atoms with E-state index in [4.69, 9.17) is 14.0 Å². The van der Waals surface area contributed by atoms with Gasteiger partial charge in [-0.1, -0.05) is 19.6 Å². The molecule has 0 saturated carbocycles. The van der Waals surface area contributed by atoms with E-state index in [2.05, 4.69) is 29.8 Å². The fraction of sp³-hybridized carbons (Fsp3) is 0.857. The number of rotatable bonds is 6. The molecule has 0 radical (unpaired) electrons. The third-order valence-electron chi connectivity index (χ3n) is 4.25. The van der Waals surface area contributed by atoms with Gasteiger partial charge in [0.15, 0.2) is 6.73 Å². The lowest BCUT2D eigenvalue weighted by molar-refractivity contribution is 0.00578. The number of hydrogen-bond donors (Lipinski definition) is 0. The Labute approximate surface area is 134 Å². The summed E-state index contributed by atoms with van der Waals surface area (Å²) in [6.07, 6.45) is 1.68. The fourth-order valence-corrected chi connectivity index (χ4v) is 2.73. The summed E-state index contributed by atoms with van der Waals surface area (Å²) in [6.45, 7) is 16.2. The Morgan fingerprint density at radius 1 is 1.18 bits per heavy atom. The number of aromatic nitrogens is 3. The molecule has 0 aromatic carbocycles. The highest BCUT2D eigenvalue weighted by atomic mass is 28.3. The van der Waals surface area contributed by atoms with Crippen LogP contribution in [0.2, 0.25) is 25.7 Å². The average Bonchev–Trinajstić information content (AvgIpc) is 2.87. The van der Waals surface area contributed by atoms with Gasteiger partial charge in [0, 0.05) is 14.7 Å². The summed E-state index contributed by atoms with van der Waals surface area (Å²) < 4.78 is 17.6. The molecule has 0 amide bonds. The van der Waals surface area contributed by atoms with Crippen LogP contribution in [0.1, 0.15) is 27.7 Å². The molecule has 2 heterocycles. The zero-order valence-corrected chi connectivity index (χ0v) is 15.8. The summed E-state index contributed by atoms with van der Waals surface area (Å²) in [4.78, 5) is 1.55. The van der Waals surface area contributed by atoms with Crippen LogP contribution < -0.4 is 5.59 Å². The minimum absolute atomic E-state index is 0.365. The Kier molecular flexibility index (Phi) is 4.87. The lowest BCUT2D eigenvalue weighted by atomic mass is 9.86. The largest absolute Gasteiger partial charge is 0.518 e. The molecule has 8 heteroatoms. The van der Waals surface area contributed by atoms with Gasteiger partial charge < -0.3 is 14.0 Å². The highest BCUT2D eigenvalue weighted by Gasteiger charge is 2.52. The van der Waals surface area contributed by atoms with E-state index < -0.39 is 15.2 Å². The molecule has 1 aromatic rings. The predicted octanol–water partition coefficient (Wildman–Crippen LogP) is 1.89. The van der Waals surface area contributed by atoms with Gasteiger partial charge in [0.2, 0.25) is 0 Å². The van der Waals surface area contributed by atoms with Crippen molar-refractivity contribution in [3.05, 3.63) is 6.20 Å². The number of hydrogen-bond acceptors (Lipinski definition) is 5. The summed E-state index contributed by atoms with van der Waals surface area (Å²) in [5.41, 5.74) is -0.0441. The first kappa shape index (κ1) is 17.7. The molecule has 2 rings (SSSR count). The van der Waals surface area contributed by atoms with Crippen LogP contribution >= 0.6 is 0 Å². The van der Waals surface area contributed by atoms with E-state index in [0.29, 0.717) is 12.3 Å². The molecule has 6 nitrogen and oxygen atoms in total.